The summed E-state index contributed by atoms with van der Waals surface area (Å²) in [6.07, 6.45) is 5.77. The summed E-state index contributed by atoms with van der Waals surface area (Å²) in [6, 6.07) is 7.44. The van der Waals surface area contributed by atoms with Crippen LogP contribution in [0.5, 0.6) is 0 Å². The number of nitrogens with one attached hydrogen (secondary N) is 2. The summed E-state index contributed by atoms with van der Waals surface area (Å²) in [5, 5.41) is 9.56. The van der Waals surface area contributed by atoms with Gasteiger partial charge in [0.25, 0.3) is 0 Å². The van der Waals surface area contributed by atoms with Gasteiger partial charge in [-0.15, -0.1) is 0 Å². The molecule has 0 aromatic carbocycles. The number of nitrogens with zero attached hydrogens (tertiary/aromatic N) is 3. The number of carbonyl (C=O) groups is 1. The van der Waals surface area contributed by atoms with Gasteiger partial charge in [0.15, 0.2) is 0 Å². The molecule has 0 bridgehead atoms. The molecule has 1 atom stereocenters. The first-order valence-electron chi connectivity index (χ1n) is 6.72. The fraction of sp³-hybridized carbons (Fsp3) is 0.200. The lowest BCUT2D eigenvalue weighted by Crippen LogP contribution is -2.22. The molecule has 21 heavy (non-hydrogen) atoms. The summed E-state index contributed by atoms with van der Waals surface area (Å²) in [4.78, 5) is 20.6. The van der Waals surface area contributed by atoms with E-state index in [1.165, 1.54) is 0 Å². The number of carbonyl (C=O) groups excluding carboxylic acids is 1. The third kappa shape index (κ3) is 3.05. The molecule has 1 amide bonds. The third-order valence-electron chi connectivity index (χ3n) is 3.26. The standard InChI is InChI=1S/C15H15N5O/c1-10(7-11-3-2-6-16-8-11)15(21)19-14-5-4-12-13(18-14)9-17-20-12/h2-6,8-10H,7H2,1H3,(H,17,20)(H,18,19,21). The van der Waals surface area contributed by atoms with E-state index >= 15 is 0 Å². The van der Waals surface area contributed by atoms with E-state index in [0.717, 1.165) is 16.6 Å². The van der Waals surface area contributed by atoms with Crippen LogP contribution in [0.1, 0.15) is 12.5 Å². The number of anilines is 1. The smallest absolute Gasteiger partial charge is 0.228 e. The van der Waals surface area contributed by atoms with E-state index in [1.54, 1.807) is 24.7 Å². The van der Waals surface area contributed by atoms with Crippen LogP contribution in [0, 0.1) is 5.92 Å². The molecule has 0 radical (unpaired) electrons. The summed E-state index contributed by atoms with van der Waals surface area (Å²) in [7, 11) is 0. The van der Waals surface area contributed by atoms with Gasteiger partial charge in [-0.25, -0.2) is 4.98 Å². The summed E-state index contributed by atoms with van der Waals surface area (Å²) >= 11 is 0. The summed E-state index contributed by atoms with van der Waals surface area (Å²) in [5.74, 6) is 0.317. The van der Waals surface area contributed by atoms with Crippen LogP contribution < -0.4 is 5.32 Å². The van der Waals surface area contributed by atoms with Crippen molar-refractivity contribution in [1.29, 1.82) is 0 Å². The molecule has 0 aliphatic heterocycles. The molecule has 0 aliphatic rings. The van der Waals surface area contributed by atoms with E-state index in [1.807, 2.05) is 25.1 Å². The van der Waals surface area contributed by atoms with Crippen LogP contribution in [0.15, 0.2) is 42.9 Å². The summed E-state index contributed by atoms with van der Waals surface area (Å²) in [5.41, 5.74) is 2.61. The van der Waals surface area contributed by atoms with Crippen molar-refractivity contribution in [3.05, 3.63) is 48.4 Å². The van der Waals surface area contributed by atoms with Gasteiger partial charge in [0.05, 0.1) is 11.7 Å². The highest BCUT2D eigenvalue weighted by Gasteiger charge is 2.14. The van der Waals surface area contributed by atoms with Crippen molar-refractivity contribution in [3.63, 3.8) is 0 Å². The van der Waals surface area contributed by atoms with Crippen molar-refractivity contribution in [3.8, 4) is 0 Å². The van der Waals surface area contributed by atoms with Gasteiger partial charge in [-0.1, -0.05) is 13.0 Å². The molecule has 3 heterocycles. The maximum Gasteiger partial charge on any atom is 0.228 e. The number of H-pyrrole nitrogens is 1. The largest absolute Gasteiger partial charge is 0.310 e. The zero-order valence-electron chi connectivity index (χ0n) is 11.6. The van der Waals surface area contributed by atoms with Crippen molar-refractivity contribution in [2.24, 2.45) is 5.92 Å². The zero-order valence-corrected chi connectivity index (χ0v) is 11.6. The molecule has 106 valence electrons. The topological polar surface area (TPSA) is 83.6 Å². The lowest BCUT2D eigenvalue weighted by molar-refractivity contribution is -0.119. The molecule has 0 saturated heterocycles. The number of amides is 1. The Morgan fingerprint density at radius 2 is 2.24 bits per heavy atom. The second-order valence-corrected chi connectivity index (χ2v) is 4.95. The van der Waals surface area contributed by atoms with Crippen molar-refractivity contribution < 1.29 is 4.79 Å². The van der Waals surface area contributed by atoms with E-state index in [0.29, 0.717) is 12.2 Å². The van der Waals surface area contributed by atoms with Crippen LogP contribution in [-0.4, -0.2) is 26.1 Å². The number of hydrogen-bond donors (Lipinski definition) is 2. The molecule has 3 rings (SSSR count). The van der Waals surface area contributed by atoms with Gasteiger partial charge in [-0.05, 0) is 30.2 Å². The number of rotatable bonds is 4. The number of aromatic nitrogens is 4. The molecule has 0 fully saturated rings. The molecule has 0 aliphatic carbocycles. The van der Waals surface area contributed by atoms with Crippen LogP contribution in [0.2, 0.25) is 0 Å². The fourth-order valence-corrected chi connectivity index (χ4v) is 2.11. The Kier molecular flexibility index (Phi) is 3.59. The normalized spacial score (nSPS) is 12.2. The van der Waals surface area contributed by atoms with Crippen molar-refractivity contribution >= 4 is 22.8 Å². The van der Waals surface area contributed by atoms with E-state index in [4.69, 9.17) is 0 Å². The maximum atomic E-state index is 12.2. The summed E-state index contributed by atoms with van der Waals surface area (Å²) < 4.78 is 0. The van der Waals surface area contributed by atoms with Crippen molar-refractivity contribution in [2.75, 3.05) is 5.32 Å². The van der Waals surface area contributed by atoms with Gasteiger partial charge in [-0.2, -0.15) is 5.10 Å². The second-order valence-electron chi connectivity index (χ2n) is 4.95. The van der Waals surface area contributed by atoms with E-state index in [2.05, 4.69) is 25.5 Å². The Bertz CT molecular complexity index is 753. The van der Waals surface area contributed by atoms with Gasteiger partial charge >= 0.3 is 0 Å². The first-order chi connectivity index (χ1) is 10.2. The van der Waals surface area contributed by atoms with Gasteiger partial charge in [0, 0.05) is 18.3 Å². The van der Waals surface area contributed by atoms with Crippen LogP contribution in [0.25, 0.3) is 11.0 Å². The fourth-order valence-electron chi connectivity index (χ4n) is 2.11. The summed E-state index contributed by atoms with van der Waals surface area (Å²) in [6.45, 7) is 1.89. The number of pyridine rings is 2. The molecule has 2 N–H and O–H groups in total. The highest BCUT2D eigenvalue weighted by molar-refractivity contribution is 5.92. The minimum atomic E-state index is -0.156. The predicted molar refractivity (Wildman–Crippen MR) is 79.6 cm³/mol. The minimum absolute atomic E-state index is 0.0609. The number of fused-ring (bicyclic) bond motifs is 1. The molecule has 1 unspecified atom stereocenters. The molecule has 3 aromatic heterocycles. The molecule has 6 heteroatoms. The van der Waals surface area contributed by atoms with Gasteiger partial charge < -0.3 is 5.32 Å². The zero-order chi connectivity index (χ0) is 14.7. The van der Waals surface area contributed by atoms with Crippen LogP contribution in [-0.2, 0) is 11.2 Å². The average Bonchev–Trinajstić information content (AvgIpc) is 2.95. The Labute approximate surface area is 121 Å². The van der Waals surface area contributed by atoms with Crippen LogP contribution >= 0.6 is 0 Å². The molecular formula is C15H15N5O. The lowest BCUT2D eigenvalue weighted by atomic mass is 10.0. The molecule has 3 aromatic rings. The van der Waals surface area contributed by atoms with E-state index in [9.17, 15) is 4.79 Å². The minimum Gasteiger partial charge on any atom is -0.310 e. The van der Waals surface area contributed by atoms with Crippen LogP contribution in [0.3, 0.4) is 0 Å². The Morgan fingerprint density at radius 1 is 1.33 bits per heavy atom. The highest BCUT2D eigenvalue weighted by atomic mass is 16.1. The Morgan fingerprint density at radius 3 is 3.05 bits per heavy atom. The Hall–Kier alpha value is -2.76. The van der Waals surface area contributed by atoms with Gasteiger partial charge in [-0.3, -0.25) is 14.9 Å². The quantitative estimate of drug-likeness (QED) is 0.767. The monoisotopic (exact) mass is 281 g/mol. The van der Waals surface area contributed by atoms with Crippen LogP contribution in [0.4, 0.5) is 5.82 Å². The van der Waals surface area contributed by atoms with Crippen molar-refractivity contribution in [2.45, 2.75) is 13.3 Å². The van der Waals surface area contributed by atoms with E-state index in [-0.39, 0.29) is 11.8 Å². The molecule has 0 spiro atoms. The molecule has 0 saturated carbocycles. The highest BCUT2D eigenvalue weighted by Crippen LogP contribution is 2.14. The van der Waals surface area contributed by atoms with Crippen molar-refractivity contribution in [1.82, 2.24) is 20.2 Å². The average molecular weight is 281 g/mol. The maximum absolute atomic E-state index is 12.2. The predicted octanol–water partition coefficient (Wildman–Crippen LogP) is 2.17. The Balaban J connectivity index is 1.67. The molecular weight excluding hydrogens is 266 g/mol. The first kappa shape index (κ1) is 13.2. The second kappa shape index (κ2) is 5.70. The lowest BCUT2D eigenvalue weighted by Gasteiger charge is -2.11. The SMILES string of the molecule is CC(Cc1cccnc1)C(=O)Nc1ccc2[nH]ncc2n1. The number of hydrogen-bond acceptors (Lipinski definition) is 4. The van der Waals surface area contributed by atoms with E-state index < -0.39 is 0 Å². The third-order valence-corrected chi connectivity index (χ3v) is 3.26. The van der Waals surface area contributed by atoms with Gasteiger partial charge in [0.2, 0.25) is 5.91 Å². The van der Waals surface area contributed by atoms with Gasteiger partial charge in [0.1, 0.15) is 11.3 Å². The number of aromatic amines is 1. The molecule has 6 nitrogen and oxygen atoms in total. The first-order valence-corrected chi connectivity index (χ1v) is 6.72.